The second kappa shape index (κ2) is 6.37. The molecule has 3 saturated heterocycles. The van der Waals surface area contributed by atoms with Gasteiger partial charge in [-0.05, 0) is 37.6 Å². The van der Waals surface area contributed by atoms with Crippen molar-refractivity contribution in [3.8, 4) is 0 Å². The summed E-state index contributed by atoms with van der Waals surface area (Å²) >= 11 is 0. The molecule has 0 N–H and O–H groups in total. The van der Waals surface area contributed by atoms with E-state index in [2.05, 4.69) is 11.5 Å². The predicted molar refractivity (Wildman–Crippen MR) is 116 cm³/mol. The maximum Gasteiger partial charge on any atom is 0.253 e. The zero-order chi connectivity index (χ0) is 21.3. The van der Waals surface area contributed by atoms with Gasteiger partial charge in [-0.15, -0.1) is 6.58 Å². The normalized spacial score (nSPS) is 31.5. The van der Waals surface area contributed by atoms with Crippen LogP contribution in [0.2, 0.25) is 0 Å². The molecule has 0 radical (unpaired) electrons. The molecular formula is C25H23N3O3. The largest absolute Gasteiger partial charge is 0.306 e. The number of hydrogen-bond acceptors (Lipinski definition) is 4. The molecule has 0 saturated carbocycles. The third-order valence-electron chi connectivity index (χ3n) is 7.47. The van der Waals surface area contributed by atoms with Crippen molar-refractivity contribution >= 4 is 29.1 Å². The number of benzene rings is 2. The average Bonchev–Trinajstić information content (AvgIpc) is 3.48. The van der Waals surface area contributed by atoms with Crippen molar-refractivity contribution in [3.63, 3.8) is 0 Å². The van der Waals surface area contributed by atoms with E-state index >= 15 is 0 Å². The molecule has 2 aromatic rings. The highest BCUT2D eigenvalue weighted by molar-refractivity contribution is 6.26. The molecule has 3 fully saturated rings. The molecule has 6 rings (SSSR count). The van der Waals surface area contributed by atoms with Crippen molar-refractivity contribution in [1.29, 1.82) is 0 Å². The van der Waals surface area contributed by atoms with Gasteiger partial charge in [0.25, 0.3) is 5.91 Å². The fourth-order valence-corrected chi connectivity index (χ4v) is 6.48. The highest BCUT2D eigenvalue weighted by Crippen LogP contribution is 2.61. The van der Waals surface area contributed by atoms with E-state index in [0.717, 1.165) is 24.1 Å². The summed E-state index contributed by atoms with van der Waals surface area (Å²) in [4.78, 5) is 46.9. The van der Waals surface area contributed by atoms with Gasteiger partial charge in [0.1, 0.15) is 5.54 Å². The molecule has 4 heterocycles. The molecule has 6 heteroatoms. The van der Waals surface area contributed by atoms with Gasteiger partial charge in [0.2, 0.25) is 11.8 Å². The van der Waals surface area contributed by atoms with Crippen molar-refractivity contribution in [2.75, 3.05) is 22.9 Å². The highest BCUT2D eigenvalue weighted by Gasteiger charge is 2.75. The van der Waals surface area contributed by atoms with Crippen LogP contribution < -0.4 is 9.80 Å². The minimum Gasteiger partial charge on any atom is -0.306 e. The van der Waals surface area contributed by atoms with Gasteiger partial charge in [0.15, 0.2) is 0 Å². The Morgan fingerprint density at radius 3 is 2.52 bits per heavy atom. The molecule has 156 valence electrons. The molecule has 1 spiro atoms. The van der Waals surface area contributed by atoms with Gasteiger partial charge < -0.3 is 4.90 Å². The highest BCUT2D eigenvalue weighted by atomic mass is 16.2. The molecule has 31 heavy (non-hydrogen) atoms. The predicted octanol–water partition coefficient (Wildman–Crippen LogP) is 2.70. The molecule has 0 aliphatic carbocycles. The van der Waals surface area contributed by atoms with Crippen molar-refractivity contribution in [3.05, 3.63) is 72.8 Å². The first kappa shape index (κ1) is 18.5. The van der Waals surface area contributed by atoms with Crippen LogP contribution in [0.3, 0.4) is 0 Å². The molecule has 0 aromatic heterocycles. The number of fused-ring (bicyclic) bond motifs is 7. The van der Waals surface area contributed by atoms with Crippen molar-refractivity contribution < 1.29 is 14.4 Å². The number of anilines is 2. The Hall–Kier alpha value is -3.25. The lowest BCUT2D eigenvalue weighted by Crippen LogP contribution is -2.56. The SMILES string of the molecule is C=CCN1C(=O)[C@@]2(c3ccccc31)[C@H]1C(=O)N(c3ccccc3)C(=O)[C@@H]1[C@H]1CCCN12. The van der Waals surface area contributed by atoms with E-state index in [0.29, 0.717) is 18.8 Å². The van der Waals surface area contributed by atoms with Crippen LogP contribution in [0.15, 0.2) is 67.3 Å². The molecule has 0 bridgehead atoms. The molecule has 6 nitrogen and oxygen atoms in total. The van der Waals surface area contributed by atoms with E-state index in [9.17, 15) is 14.4 Å². The molecule has 2 aromatic carbocycles. The summed E-state index contributed by atoms with van der Waals surface area (Å²) in [6.45, 7) is 4.91. The number of hydrogen-bond donors (Lipinski definition) is 0. The van der Waals surface area contributed by atoms with Crippen LogP contribution in [0.5, 0.6) is 0 Å². The molecule has 4 aliphatic rings. The Balaban J connectivity index is 1.58. The summed E-state index contributed by atoms with van der Waals surface area (Å²) in [6, 6.07) is 16.7. The summed E-state index contributed by atoms with van der Waals surface area (Å²) < 4.78 is 0. The van der Waals surface area contributed by atoms with Crippen molar-refractivity contribution in [2.24, 2.45) is 11.8 Å². The zero-order valence-electron chi connectivity index (χ0n) is 17.1. The lowest BCUT2D eigenvalue weighted by molar-refractivity contribution is -0.137. The van der Waals surface area contributed by atoms with Gasteiger partial charge in [0.05, 0.1) is 17.5 Å². The lowest BCUT2D eigenvalue weighted by Gasteiger charge is -2.37. The maximum atomic E-state index is 14.1. The fraction of sp³-hybridized carbons (Fsp3) is 0.320. The van der Waals surface area contributed by atoms with Gasteiger partial charge in [-0.25, -0.2) is 4.90 Å². The van der Waals surface area contributed by atoms with E-state index in [1.165, 1.54) is 4.90 Å². The first-order chi connectivity index (χ1) is 15.1. The zero-order valence-corrected chi connectivity index (χ0v) is 17.1. The Morgan fingerprint density at radius 2 is 1.74 bits per heavy atom. The van der Waals surface area contributed by atoms with Crippen LogP contribution in [-0.2, 0) is 19.9 Å². The van der Waals surface area contributed by atoms with E-state index in [1.807, 2.05) is 42.5 Å². The molecule has 3 amide bonds. The standard InChI is InChI=1S/C25H23N3O3/c1-2-14-26-18-12-7-6-11-17(18)25(24(26)31)21-20(19-13-8-15-27(19)25)22(29)28(23(21)30)16-9-4-3-5-10-16/h2-7,9-12,19-21H,1,8,13-15H2/t19-,20-,21-,25-/m1/s1. The van der Waals surface area contributed by atoms with E-state index in [4.69, 9.17) is 0 Å². The number of para-hydroxylation sites is 2. The lowest BCUT2D eigenvalue weighted by atomic mass is 9.75. The Morgan fingerprint density at radius 1 is 1.00 bits per heavy atom. The van der Waals surface area contributed by atoms with Crippen LogP contribution in [-0.4, -0.2) is 41.8 Å². The minimum absolute atomic E-state index is 0.101. The minimum atomic E-state index is -1.12. The third-order valence-corrected chi connectivity index (χ3v) is 7.47. The van der Waals surface area contributed by atoms with Gasteiger partial charge in [-0.3, -0.25) is 19.3 Å². The van der Waals surface area contributed by atoms with Crippen LogP contribution in [0.25, 0.3) is 0 Å². The molecule has 0 unspecified atom stereocenters. The Labute approximate surface area is 180 Å². The Kier molecular flexibility index (Phi) is 3.81. The first-order valence-corrected chi connectivity index (χ1v) is 10.8. The van der Waals surface area contributed by atoms with Crippen molar-refractivity contribution in [2.45, 2.75) is 24.4 Å². The number of carbonyl (C=O) groups excluding carboxylic acids is 3. The fourth-order valence-electron chi connectivity index (χ4n) is 6.48. The third kappa shape index (κ3) is 2.08. The smallest absolute Gasteiger partial charge is 0.253 e. The van der Waals surface area contributed by atoms with Gasteiger partial charge in [0, 0.05) is 23.8 Å². The Bertz CT molecular complexity index is 1130. The van der Waals surface area contributed by atoms with Crippen molar-refractivity contribution in [1.82, 2.24) is 4.90 Å². The van der Waals surface area contributed by atoms with Gasteiger partial charge >= 0.3 is 0 Å². The number of amides is 3. The van der Waals surface area contributed by atoms with Crippen LogP contribution >= 0.6 is 0 Å². The second-order valence-corrected chi connectivity index (χ2v) is 8.74. The molecular weight excluding hydrogens is 390 g/mol. The monoisotopic (exact) mass is 413 g/mol. The quantitative estimate of drug-likeness (QED) is 0.574. The average molecular weight is 413 g/mol. The topological polar surface area (TPSA) is 60.9 Å². The van der Waals surface area contributed by atoms with E-state index in [1.54, 1.807) is 23.1 Å². The number of nitrogens with zero attached hydrogens (tertiary/aromatic N) is 3. The summed E-state index contributed by atoms with van der Waals surface area (Å²) in [7, 11) is 0. The molecule has 4 atom stereocenters. The van der Waals surface area contributed by atoms with E-state index in [-0.39, 0.29) is 23.8 Å². The van der Waals surface area contributed by atoms with Crippen LogP contribution in [0.1, 0.15) is 18.4 Å². The molecule has 4 aliphatic heterocycles. The summed E-state index contributed by atoms with van der Waals surface area (Å²) in [5.41, 5.74) is 1.12. The van der Waals surface area contributed by atoms with Crippen LogP contribution in [0.4, 0.5) is 11.4 Å². The number of imide groups is 1. The summed E-state index contributed by atoms with van der Waals surface area (Å²) in [6.07, 6.45) is 3.44. The summed E-state index contributed by atoms with van der Waals surface area (Å²) in [5, 5.41) is 0. The second-order valence-electron chi connectivity index (χ2n) is 8.74. The van der Waals surface area contributed by atoms with Gasteiger partial charge in [-0.2, -0.15) is 0 Å². The maximum absolute atomic E-state index is 14.1. The van der Waals surface area contributed by atoms with Crippen LogP contribution in [0, 0.1) is 11.8 Å². The summed E-state index contributed by atoms with van der Waals surface area (Å²) in [5.74, 6) is -1.77. The first-order valence-electron chi connectivity index (χ1n) is 10.8. The number of rotatable bonds is 3. The van der Waals surface area contributed by atoms with E-state index < -0.39 is 17.4 Å². The van der Waals surface area contributed by atoms with Gasteiger partial charge in [-0.1, -0.05) is 42.5 Å². The number of carbonyl (C=O) groups is 3.